The number of amides is 1. The molecular weight excluding hydrogens is 386 g/mol. The van der Waals surface area contributed by atoms with Crippen LogP contribution in [0.15, 0.2) is 12.1 Å². The first-order valence-corrected chi connectivity index (χ1v) is 10.6. The van der Waals surface area contributed by atoms with Crippen LogP contribution in [-0.2, 0) is 11.2 Å². The second kappa shape index (κ2) is 6.75. The minimum Gasteiger partial charge on any atom is -0.487 e. The molecule has 1 aromatic rings. The molecule has 2 fully saturated rings. The Bertz CT molecular complexity index is 873. The predicted molar refractivity (Wildman–Crippen MR) is 113 cm³/mol. The van der Waals surface area contributed by atoms with Gasteiger partial charge in [0.15, 0.2) is 0 Å². The van der Waals surface area contributed by atoms with Crippen LogP contribution in [0.2, 0.25) is 0 Å². The fraction of sp³-hybridized carbons (Fsp3) is 0.682. The van der Waals surface area contributed by atoms with Gasteiger partial charge in [0.2, 0.25) is 0 Å². The average molecular weight is 418 g/mol. The third-order valence-corrected chi connectivity index (χ3v) is 6.23. The molecule has 0 atom stereocenters. The standard InChI is InChI=1S/C22H31N3O5/c1-20(2,3)30-19(26)24-13-22(14-24)6-8-23(9-7-22)16-11-18-15(10-17(16)25(27)28)12-21(4,5)29-18/h10-11H,6-9,12-14H2,1-5H3. The Kier molecular flexibility index (Phi) is 4.67. The Morgan fingerprint density at radius 1 is 1.20 bits per heavy atom. The van der Waals surface area contributed by atoms with Gasteiger partial charge in [0.05, 0.1) is 4.92 Å². The molecule has 3 aliphatic rings. The molecule has 1 spiro atoms. The van der Waals surface area contributed by atoms with Gasteiger partial charge in [0.25, 0.3) is 5.69 Å². The quantitative estimate of drug-likeness (QED) is 0.531. The molecule has 3 heterocycles. The van der Waals surface area contributed by atoms with Crippen molar-refractivity contribution in [2.24, 2.45) is 5.41 Å². The molecule has 4 rings (SSSR count). The second-order valence-corrected chi connectivity index (χ2v) is 10.6. The van der Waals surface area contributed by atoms with E-state index in [4.69, 9.17) is 9.47 Å². The van der Waals surface area contributed by atoms with Crippen LogP contribution in [0.4, 0.5) is 16.2 Å². The summed E-state index contributed by atoms with van der Waals surface area (Å²) in [5.41, 5.74) is 0.947. The van der Waals surface area contributed by atoms with Gasteiger partial charge < -0.3 is 19.3 Å². The number of likely N-dealkylation sites (tertiary alicyclic amines) is 1. The topological polar surface area (TPSA) is 85.2 Å². The molecule has 0 unspecified atom stereocenters. The van der Waals surface area contributed by atoms with Crippen LogP contribution in [0.3, 0.4) is 0 Å². The number of benzene rings is 1. The van der Waals surface area contributed by atoms with Crippen molar-refractivity contribution in [3.63, 3.8) is 0 Å². The Labute approximate surface area is 177 Å². The lowest BCUT2D eigenvalue weighted by Gasteiger charge is -2.53. The number of carbonyl (C=O) groups excluding carboxylic acids is 1. The van der Waals surface area contributed by atoms with E-state index in [1.165, 1.54) is 0 Å². The summed E-state index contributed by atoms with van der Waals surface area (Å²) in [6.45, 7) is 12.4. The van der Waals surface area contributed by atoms with Crippen LogP contribution in [0.25, 0.3) is 0 Å². The molecule has 1 aromatic carbocycles. The van der Waals surface area contributed by atoms with Crippen molar-refractivity contribution >= 4 is 17.5 Å². The Morgan fingerprint density at radius 2 is 1.83 bits per heavy atom. The number of hydrogen-bond acceptors (Lipinski definition) is 6. The molecule has 0 radical (unpaired) electrons. The number of ether oxygens (including phenoxy) is 2. The molecule has 164 valence electrons. The number of nitro groups is 1. The summed E-state index contributed by atoms with van der Waals surface area (Å²) in [6.07, 6.45) is 2.21. The van der Waals surface area contributed by atoms with Gasteiger partial charge >= 0.3 is 6.09 Å². The van der Waals surface area contributed by atoms with E-state index in [0.717, 1.165) is 37.2 Å². The largest absolute Gasteiger partial charge is 0.487 e. The number of fused-ring (bicyclic) bond motifs is 1. The van der Waals surface area contributed by atoms with Gasteiger partial charge in [-0.25, -0.2) is 4.79 Å². The molecule has 3 aliphatic heterocycles. The molecule has 0 bridgehead atoms. The van der Waals surface area contributed by atoms with Crippen LogP contribution in [0.5, 0.6) is 5.75 Å². The third kappa shape index (κ3) is 3.91. The van der Waals surface area contributed by atoms with E-state index in [9.17, 15) is 14.9 Å². The van der Waals surface area contributed by atoms with E-state index in [1.54, 1.807) is 11.0 Å². The predicted octanol–water partition coefficient (Wildman–Crippen LogP) is 4.15. The highest BCUT2D eigenvalue weighted by atomic mass is 16.6. The van der Waals surface area contributed by atoms with Crippen LogP contribution >= 0.6 is 0 Å². The molecule has 0 aliphatic carbocycles. The van der Waals surface area contributed by atoms with Gasteiger partial charge in [-0.3, -0.25) is 10.1 Å². The molecule has 8 nitrogen and oxygen atoms in total. The minimum absolute atomic E-state index is 0.0946. The lowest BCUT2D eigenvalue weighted by Crippen LogP contribution is -2.62. The third-order valence-electron chi connectivity index (χ3n) is 6.23. The van der Waals surface area contributed by atoms with Crippen LogP contribution < -0.4 is 9.64 Å². The van der Waals surface area contributed by atoms with Crippen molar-refractivity contribution in [2.45, 2.75) is 65.1 Å². The zero-order chi connectivity index (χ0) is 21.9. The van der Waals surface area contributed by atoms with Crippen molar-refractivity contribution in [3.05, 3.63) is 27.8 Å². The summed E-state index contributed by atoms with van der Waals surface area (Å²) in [4.78, 5) is 27.5. The zero-order valence-electron chi connectivity index (χ0n) is 18.5. The molecule has 0 N–H and O–H groups in total. The summed E-state index contributed by atoms with van der Waals surface area (Å²) >= 11 is 0. The van der Waals surface area contributed by atoms with Crippen LogP contribution in [0.1, 0.15) is 53.0 Å². The number of nitro benzene ring substituents is 1. The monoisotopic (exact) mass is 417 g/mol. The smallest absolute Gasteiger partial charge is 0.410 e. The zero-order valence-corrected chi connectivity index (χ0v) is 18.5. The van der Waals surface area contributed by atoms with Crippen LogP contribution in [0, 0.1) is 15.5 Å². The summed E-state index contributed by atoms with van der Waals surface area (Å²) in [5.74, 6) is 0.751. The summed E-state index contributed by atoms with van der Waals surface area (Å²) in [7, 11) is 0. The van der Waals surface area contributed by atoms with E-state index in [1.807, 2.05) is 40.7 Å². The van der Waals surface area contributed by atoms with Crippen LogP contribution in [-0.4, -0.2) is 53.3 Å². The first kappa shape index (κ1) is 20.8. The molecule has 30 heavy (non-hydrogen) atoms. The molecule has 0 aromatic heterocycles. The number of nitrogens with zero attached hydrogens (tertiary/aromatic N) is 3. The van der Waals surface area contributed by atoms with Gasteiger partial charge in [0, 0.05) is 55.7 Å². The van der Waals surface area contributed by atoms with E-state index in [0.29, 0.717) is 25.2 Å². The molecule has 8 heteroatoms. The van der Waals surface area contributed by atoms with Gasteiger partial charge in [-0.2, -0.15) is 0 Å². The molecule has 0 saturated carbocycles. The van der Waals surface area contributed by atoms with Crippen molar-refractivity contribution in [2.75, 3.05) is 31.1 Å². The summed E-state index contributed by atoms with van der Waals surface area (Å²) < 4.78 is 11.5. The van der Waals surface area contributed by atoms with Gasteiger partial charge in [0.1, 0.15) is 22.6 Å². The Hall–Kier alpha value is -2.51. The molecular formula is C22H31N3O5. The van der Waals surface area contributed by atoms with Gasteiger partial charge in [-0.1, -0.05) is 0 Å². The highest BCUT2D eigenvalue weighted by Gasteiger charge is 2.48. The van der Waals surface area contributed by atoms with Crippen molar-refractivity contribution in [1.29, 1.82) is 0 Å². The fourth-order valence-electron chi connectivity index (χ4n) is 4.78. The number of rotatable bonds is 2. The van der Waals surface area contributed by atoms with Gasteiger partial charge in [-0.15, -0.1) is 0 Å². The highest BCUT2D eigenvalue weighted by molar-refractivity contribution is 5.70. The maximum atomic E-state index is 12.2. The van der Waals surface area contributed by atoms with Crippen molar-refractivity contribution < 1.29 is 19.2 Å². The number of carbonyl (C=O) groups is 1. The lowest BCUT2D eigenvalue weighted by molar-refractivity contribution is -0.384. The first-order valence-electron chi connectivity index (χ1n) is 10.6. The maximum Gasteiger partial charge on any atom is 0.410 e. The van der Waals surface area contributed by atoms with E-state index < -0.39 is 5.60 Å². The van der Waals surface area contributed by atoms with Gasteiger partial charge in [-0.05, 0) is 47.5 Å². The fourth-order valence-corrected chi connectivity index (χ4v) is 4.78. The van der Waals surface area contributed by atoms with E-state index in [2.05, 4.69) is 4.90 Å². The average Bonchev–Trinajstić information content (AvgIpc) is 2.89. The summed E-state index contributed by atoms with van der Waals surface area (Å²) in [5, 5.41) is 11.7. The molecule has 1 amide bonds. The second-order valence-electron chi connectivity index (χ2n) is 10.6. The normalized spacial score (nSPS) is 21.6. The lowest BCUT2D eigenvalue weighted by atomic mass is 9.72. The Balaban J connectivity index is 1.43. The highest BCUT2D eigenvalue weighted by Crippen LogP contribution is 2.46. The first-order chi connectivity index (χ1) is 13.9. The minimum atomic E-state index is -0.494. The molecule has 2 saturated heterocycles. The van der Waals surface area contributed by atoms with E-state index in [-0.39, 0.29) is 27.7 Å². The maximum absolute atomic E-state index is 12.2. The number of anilines is 1. The summed E-state index contributed by atoms with van der Waals surface area (Å²) in [6, 6.07) is 3.52. The number of piperidine rings is 1. The van der Waals surface area contributed by atoms with Crippen molar-refractivity contribution in [1.82, 2.24) is 4.90 Å². The Morgan fingerprint density at radius 3 is 2.40 bits per heavy atom. The SMILES string of the molecule is CC(C)(C)OC(=O)N1CC2(CCN(c3cc4c(cc3[N+](=O)[O-])CC(C)(C)O4)CC2)C1. The van der Waals surface area contributed by atoms with E-state index >= 15 is 0 Å². The van der Waals surface area contributed by atoms with Crippen molar-refractivity contribution in [3.8, 4) is 5.75 Å². The number of hydrogen-bond donors (Lipinski definition) is 0.